The van der Waals surface area contributed by atoms with Crippen LogP contribution >= 0.6 is 0 Å². The zero-order valence-electron chi connectivity index (χ0n) is 15.5. The Morgan fingerprint density at radius 1 is 1.21 bits per heavy atom. The van der Waals surface area contributed by atoms with E-state index in [9.17, 15) is 18.0 Å². The van der Waals surface area contributed by atoms with Crippen molar-refractivity contribution < 1.29 is 22.7 Å². The largest absolute Gasteiger partial charge is 0.424 e. The van der Waals surface area contributed by atoms with E-state index in [-0.39, 0.29) is 25.5 Å². The lowest BCUT2D eigenvalue weighted by atomic mass is 9.73. The summed E-state index contributed by atoms with van der Waals surface area (Å²) in [7, 11) is 0. The average molecular weight is 394 g/mol. The zero-order chi connectivity index (χ0) is 20.4. The van der Waals surface area contributed by atoms with Crippen LogP contribution in [0.4, 0.5) is 23.7 Å². The predicted molar refractivity (Wildman–Crippen MR) is 97.1 cm³/mol. The third-order valence-corrected chi connectivity index (χ3v) is 4.77. The number of piperidine rings is 1. The van der Waals surface area contributed by atoms with Crippen molar-refractivity contribution in [2.75, 3.05) is 18.4 Å². The third kappa shape index (κ3) is 4.71. The fraction of sp³-hybridized carbons (Fsp3) is 0.421. The number of rotatable bonds is 3. The topological polar surface area (TPSA) is 67.4 Å². The highest BCUT2D eigenvalue weighted by Crippen LogP contribution is 2.45. The Labute approximate surface area is 160 Å². The molecule has 3 rings (SSSR count). The second-order valence-corrected chi connectivity index (χ2v) is 7.38. The van der Waals surface area contributed by atoms with Crippen LogP contribution < -0.4 is 10.1 Å². The number of amides is 2. The van der Waals surface area contributed by atoms with Crippen molar-refractivity contribution in [3.8, 4) is 11.8 Å². The van der Waals surface area contributed by atoms with E-state index in [0.717, 1.165) is 0 Å². The van der Waals surface area contributed by atoms with Gasteiger partial charge >= 0.3 is 18.2 Å². The highest BCUT2D eigenvalue weighted by atomic mass is 19.4. The molecule has 1 atom stereocenters. The smallest absolute Gasteiger partial charge is 0.392 e. The predicted octanol–water partition coefficient (Wildman–Crippen LogP) is 4.71. The molecule has 28 heavy (non-hydrogen) atoms. The Morgan fingerprint density at radius 2 is 1.86 bits per heavy atom. The van der Waals surface area contributed by atoms with Gasteiger partial charge in [0.2, 0.25) is 0 Å². The second kappa shape index (κ2) is 7.65. The second-order valence-electron chi connectivity index (χ2n) is 7.38. The van der Waals surface area contributed by atoms with Crippen LogP contribution in [0, 0.1) is 11.3 Å². The van der Waals surface area contributed by atoms with Crippen molar-refractivity contribution in [1.29, 1.82) is 0 Å². The van der Waals surface area contributed by atoms with Gasteiger partial charge in [-0.05, 0) is 42.2 Å². The summed E-state index contributed by atoms with van der Waals surface area (Å²) in [6.07, 6.45) is -1.25. The molecule has 2 heterocycles. The highest BCUT2D eigenvalue weighted by molar-refractivity contribution is 5.89. The summed E-state index contributed by atoms with van der Waals surface area (Å²) >= 11 is 0. The zero-order valence-corrected chi connectivity index (χ0v) is 15.5. The number of nitrogens with one attached hydrogen (secondary N) is 1. The highest BCUT2D eigenvalue weighted by Gasteiger charge is 2.51. The van der Waals surface area contributed by atoms with Crippen molar-refractivity contribution in [2.24, 2.45) is 11.3 Å². The molecule has 2 amide bonds. The van der Waals surface area contributed by atoms with Crippen LogP contribution in [-0.2, 0) is 0 Å². The van der Waals surface area contributed by atoms with E-state index < -0.39 is 23.5 Å². The van der Waals surface area contributed by atoms with Gasteiger partial charge in [0.05, 0.1) is 5.92 Å². The maximum atomic E-state index is 13.2. The summed E-state index contributed by atoms with van der Waals surface area (Å²) in [6, 6.07) is 8.03. The Balaban J connectivity index is 1.59. The number of urea groups is 1. The van der Waals surface area contributed by atoms with Gasteiger partial charge < -0.3 is 15.0 Å². The van der Waals surface area contributed by atoms with Gasteiger partial charge in [0.15, 0.2) is 0 Å². The fourth-order valence-electron chi connectivity index (χ4n) is 3.39. The SMILES string of the molecule is CC1(C)CN(C(=O)Nc2ccc(Oc3ncccn3)cc2)CC[C@H]1C(F)(F)F. The molecule has 0 unspecified atom stereocenters. The Morgan fingerprint density at radius 3 is 2.43 bits per heavy atom. The van der Waals surface area contributed by atoms with Crippen LogP contribution in [0.2, 0.25) is 0 Å². The quantitative estimate of drug-likeness (QED) is 0.819. The fourth-order valence-corrected chi connectivity index (χ4v) is 3.39. The number of likely N-dealkylation sites (tertiary alicyclic amines) is 1. The summed E-state index contributed by atoms with van der Waals surface area (Å²) in [5, 5.41) is 2.71. The Bertz CT molecular complexity index is 810. The lowest BCUT2D eigenvalue weighted by molar-refractivity contribution is -0.214. The van der Waals surface area contributed by atoms with Crippen molar-refractivity contribution in [2.45, 2.75) is 26.4 Å². The van der Waals surface area contributed by atoms with Crippen LogP contribution in [-0.4, -0.2) is 40.2 Å². The molecule has 9 heteroatoms. The maximum Gasteiger partial charge on any atom is 0.392 e. The van der Waals surface area contributed by atoms with Crippen molar-refractivity contribution in [1.82, 2.24) is 14.9 Å². The van der Waals surface area contributed by atoms with Gasteiger partial charge in [0.1, 0.15) is 5.75 Å². The molecule has 0 bridgehead atoms. The monoisotopic (exact) mass is 394 g/mol. The van der Waals surface area contributed by atoms with Crippen molar-refractivity contribution in [3.05, 3.63) is 42.7 Å². The van der Waals surface area contributed by atoms with Crippen molar-refractivity contribution in [3.63, 3.8) is 0 Å². The number of carbonyl (C=O) groups is 1. The van der Waals surface area contributed by atoms with Gasteiger partial charge in [-0.1, -0.05) is 13.8 Å². The minimum Gasteiger partial charge on any atom is -0.424 e. The van der Waals surface area contributed by atoms with E-state index in [1.165, 1.54) is 4.90 Å². The van der Waals surface area contributed by atoms with Gasteiger partial charge in [-0.15, -0.1) is 0 Å². The number of carbonyl (C=O) groups excluding carboxylic acids is 1. The molecule has 1 aliphatic heterocycles. The van der Waals surface area contributed by atoms with Gasteiger partial charge in [-0.2, -0.15) is 13.2 Å². The van der Waals surface area contributed by atoms with Gasteiger partial charge in [-0.3, -0.25) is 0 Å². The molecule has 0 aliphatic carbocycles. The number of aromatic nitrogens is 2. The van der Waals surface area contributed by atoms with Crippen molar-refractivity contribution >= 4 is 11.7 Å². The van der Waals surface area contributed by atoms with Gasteiger partial charge in [-0.25, -0.2) is 14.8 Å². The number of hydrogen-bond acceptors (Lipinski definition) is 4. The Kier molecular flexibility index (Phi) is 5.44. The molecule has 0 radical (unpaired) electrons. The molecule has 1 aromatic carbocycles. The van der Waals surface area contributed by atoms with E-state index in [1.54, 1.807) is 56.6 Å². The van der Waals surface area contributed by atoms with E-state index in [4.69, 9.17) is 4.74 Å². The van der Waals surface area contributed by atoms with E-state index in [1.807, 2.05) is 0 Å². The Hall–Kier alpha value is -2.84. The molecule has 1 aromatic heterocycles. The van der Waals surface area contributed by atoms with Crippen LogP contribution in [0.25, 0.3) is 0 Å². The van der Waals surface area contributed by atoms with Crippen LogP contribution in [0.15, 0.2) is 42.7 Å². The number of ether oxygens (including phenoxy) is 1. The molecule has 2 aromatic rings. The lowest BCUT2D eigenvalue weighted by Gasteiger charge is -2.44. The molecule has 150 valence electrons. The summed E-state index contributed by atoms with van der Waals surface area (Å²) < 4.78 is 45.0. The molecule has 0 spiro atoms. The first-order valence-corrected chi connectivity index (χ1v) is 8.83. The van der Waals surface area contributed by atoms with E-state index in [2.05, 4.69) is 15.3 Å². The number of halogens is 3. The first-order valence-electron chi connectivity index (χ1n) is 8.83. The molecule has 1 N–H and O–H groups in total. The number of nitrogens with zero attached hydrogens (tertiary/aromatic N) is 3. The number of hydrogen-bond donors (Lipinski definition) is 1. The molecule has 6 nitrogen and oxygen atoms in total. The summed E-state index contributed by atoms with van der Waals surface area (Å²) in [5.41, 5.74) is -0.525. The minimum absolute atomic E-state index is 0.0373. The van der Waals surface area contributed by atoms with Gasteiger partial charge in [0.25, 0.3) is 0 Å². The van der Waals surface area contributed by atoms with Crippen LogP contribution in [0.3, 0.4) is 0 Å². The molecular weight excluding hydrogens is 373 g/mol. The van der Waals surface area contributed by atoms with E-state index in [0.29, 0.717) is 11.4 Å². The molecule has 1 fully saturated rings. The molecule has 1 aliphatic rings. The van der Waals surface area contributed by atoms with E-state index >= 15 is 0 Å². The summed E-state index contributed by atoms with van der Waals surface area (Å²) in [5.74, 6) is -0.919. The molecule has 0 saturated carbocycles. The maximum absolute atomic E-state index is 13.2. The standard InChI is InChI=1S/C19H21F3N4O2/c1-18(2)12-26(11-8-15(18)19(20,21)22)17(27)25-13-4-6-14(7-5-13)28-16-23-9-3-10-24-16/h3-7,9-10,15H,8,11-12H2,1-2H3,(H,25,27)/t15-/m1/s1. The third-order valence-electron chi connectivity index (χ3n) is 4.77. The first-order chi connectivity index (χ1) is 13.1. The molecule has 1 saturated heterocycles. The minimum atomic E-state index is -4.26. The average Bonchev–Trinajstić information content (AvgIpc) is 2.62. The van der Waals surface area contributed by atoms with Crippen LogP contribution in [0.1, 0.15) is 20.3 Å². The molecular formula is C19H21F3N4O2. The summed E-state index contributed by atoms with van der Waals surface area (Å²) in [4.78, 5) is 21.8. The number of anilines is 1. The lowest BCUT2D eigenvalue weighted by Crippen LogP contribution is -2.53. The van der Waals surface area contributed by atoms with Gasteiger partial charge in [0, 0.05) is 31.2 Å². The van der Waals surface area contributed by atoms with Crippen LogP contribution in [0.5, 0.6) is 11.8 Å². The normalized spacial score (nSPS) is 19.2. The number of benzene rings is 1. The first kappa shape index (κ1) is 19.9. The number of alkyl halides is 3. The summed E-state index contributed by atoms with van der Waals surface area (Å²) in [6.45, 7) is 3.19.